The molecule has 1 nitrogen and oxygen atoms in total. The molecule has 0 aliphatic carbocycles. The van der Waals surface area contributed by atoms with Crippen molar-refractivity contribution in [2.75, 3.05) is 0 Å². The second kappa shape index (κ2) is 3.66. The molecule has 0 amide bonds. The number of rotatable bonds is 1. The molecular weight excluding hydrogens is 169 g/mol. The van der Waals surface area contributed by atoms with Gasteiger partial charge < -0.3 is 0 Å². The minimum atomic E-state index is 0.779. The van der Waals surface area contributed by atoms with E-state index in [1.54, 1.807) is 0 Å². The lowest BCUT2D eigenvalue weighted by molar-refractivity contribution is 1.27. The van der Waals surface area contributed by atoms with E-state index in [-0.39, 0.29) is 0 Å². The van der Waals surface area contributed by atoms with Gasteiger partial charge in [0.2, 0.25) is 0 Å². The fourth-order valence-electron chi connectivity index (χ4n) is 1.29. The van der Waals surface area contributed by atoms with E-state index in [2.05, 4.69) is 11.1 Å². The Morgan fingerprint density at radius 2 is 1.71 bits per heavy atom. The van der Waals surface area contributed by atoms with E-state index in [0.717, 1.165) is 16.7 Å². The van der Waals surface area contributed by atoms with E-state index in [4.69, 9.17) is 7.85 Å². The van der Waals surface area contributed by atoms with Crippen LogP contribution in [0.1, 0.15) is 5.56 Å². The molecule has 66 valence electrons. The maximum absolute atomic E-state index is 5.61. The Kier molecular flexibility index (Phi) is 2.36. The highest BCUT2D eigenvalue weighted by Gasteiger charge is 1.96. The Labute approximate surface area is 85.2 Å². The second-order valence-electron chi connectivity index (χ2n) is 3.34. The van der Waals surface area contributed by atoms with Crippen LogP contribution >= 0.6 is 0 Å². The molecule has 0 saturated heterocycles. The lowest BCUT2D eigenvalue weighted by atomic mass is 9.95. The third-order valence-electron chi connectivity index (χ3n) is 2.12. The number of aromatic nitrogens is 1. The minimum Gasteiger partial charge on any atom is -0.256 e. The van der Waals surface area contributed by atoms with E-state index in [1.807, 2.05) is 43.5 Å². The van der Waals surface area contributed by atoms with Gasteiger partial charge in [-0.15, -0.1) is 0 Å². The molecule has 2 aromatic rings. The summed E-state index contributed by atoms with van der Waals surface area (Å²) in [7, 11) is 5.61. The van der Waals surface area contributed by atoms with Crippen LogP contribution in [0.15, 0.2) is 42.6 Å². The molecule has 0 fully saturated rings. The van der Waals surface area contributed by atoms with Gasteiger partial charge in [-0.3, -0.25) is 4.98 Å². The summed E-state index contributed by atoms with van der Waals surface area (Å²) in [5, 5.41) is 0. The summed E-state index contributed by atoms with van der Waals surface area (Å²) in [6.07, 6.45) is 1.87. The Bertz CT molecular complexity index is 374. The molecule has 2 radical (unpaired) electrons. The molecule has 1 aromatic carbocycles. The fraction of sp³-hybridized carbons (Fsp3) is 0.0833. The first-order valence-corrected chi connectivity index (χ1v) is 4.54. The number of pyridine rings is 1. The first kappa shape index (κ1) is 9.01. The summed E-state index contributed by atoms with van der Waals surface area (Å²) in [6, 6.07) is 11.8. The van der Waals surface area contributed by atoms with Crippen molar-refractivity contribution in [1.82, 2.24) is 4.98 Å². The first-order chi connectivity index (χ1) is 6.75. The highest BCUT2D eigenvalue weighted by molar-refractivity contribution is 6.32. The smallest absolute Gasteiger partial charge is 0.113 e. The lowest BCUT2D eigenvalue weighted by Gasteiger charge is -2.01. The van der Waals surface area contributed by atoms with Crippen molar-refractivity contribution in [1.29, 1.82) is 0 Å². The van der Waals surface area contributed by atoms with Gasteiger partial charge in [-0.05, 0) is 18.6 Å². The summed E-state index contributed by atoms with van der Waals surface area (Å²) in [6.45, 7) is 2.03. The molecule has 0 atom stereocenters. The predicted molar refractivity (Wildman–Crippen MR) is 59.8 cm³/mol. The molecule has 0 aliphatic heterocycles. The number of hydrogen-bond acceptors (Lipinski definition) is 1. The Hall–Kier alpha value is -1.57. The van der Waals surface area contributed by atoms with Crippen molar-refractivity contribution in [3.8, 4) is 11.3 Å². The standard InChI is InChI=1S/C12H10BN/c1-9-2-7-12(14-8-9)10-3-5-11(13)6-4-10/h2-8H,1H3. The van der Waals surface area contributed by atoms with Gasteiger partial charge >= 0.3 is 0 Å². The number of hydrogen-bond donors (Lipinski definition) is 0. The van der Waals surface area contributed by atoms with Gasteiger partial charge in [-0.1, -0.05) is 35.8 Å². The van der Waals surface area contributed by atoms with Crippen molar-refractivity contribution in [3.63, 3.8) is 0 Å². The zero-order chi connectivity index (χ0) is 9.97. The van der Waals surface area contributed by atoms with Crippen LogP contribution in [-0.4, -0.2) is 12.8 Å². The molecule has 1 aromatic heterocycles. The molecule has 2 heteroatoms. The molecule has 0 aliphatic rings. The van der Waals surface area contributed by atoms with Crippen molar-refractivity contribution in [3.05, 3.63) is 48.2 Å². The maximum atomic E-state index is 5.61. The van der Waals surface area contributed by atoms with Gasteiger partial charge in [0.05, 0.1) is 5.69 Å². The van der Waals surface area contributed by atoms with Crippen LogP contribution in [0.2, 0.25) is 0 Å². The molecule has 14 heavy (non-hydrogen) atoms. The molecular formula is C12H10BN. The van der Waals surface area contributed by atoms with Crippen molar-refractivity contribution in [2.45, 2.75) is 6.92 Å². The van der Waals surface area contributed by atoms with Crippen LogP contribution in [0, 0.1) is 6.92 Å². The van der Waals surface area contributed by atoms with E-state index < -0.39 is 0 Å². The minimum absolute atomic E-state index is 0.779. The monoisotopic (exact) mass is 179 g/mol. The highest BCUT2D eigenvalue weighted by Crippen LogP contribution is 2.14. The highest BCUT2D eigenvalue weighted by atomic mass is 14.7. The van der Waals surface area contributed by atoms with Crippen LogP contribution in [0.5, 0.6) is 0 Å². The van der Waals surface area contributed by atoms with Crippen molar-refractivity contribution >= 4 is 13.3 Å². The molecule has 0 N–H and O–H groups in total. The van der Waals surface area contributed by atoms with Crippen molar-refractivity contribution in [2.24, 2.45) is 0 Å². The molecule has 2 rings (SSSR count). The largest absolute Gasteiger partial charge is 0.256 e. The van der Waals surface area contributed by atoms with Gasteiger partial charge in [-0.2, -0.15) is 0 Å². The summed E-state index contributed by atoms with van der Waals surface area (Å²) < 4.78 is 0. The quantitative estimate of drug-likeness (QED) is 0.608. The summed E-state index contributed by atoms with van der Waals surface area (Å²) in [4.78, 5) is 4.34. The van der Waals surface area contributed by atoms with E-state index in [0.29, 0.717) is 0 Å². The number of benzene rings is 1. The van der Waals surface area contributed by atoms with Crippen molar-refractivity contribution < 1.29 is 0 Å². The molecule has 1 heterocycles. The van der Waals surface area contributed by atoms with Gasteiger partial charge in [0.25, 0.3) is 0 Å². The number of aryl methyl sites for hydroxylation is 1. The predicted octanol–water partition coefficient (Wildman–Crippen LogP) is 1.85. The fourth-order valence-corrected chi connectivity index (χ4v) is 1.29. The van der Waals surface area contributed by atoms with Gasteiger partial charge in [0, 0.05) is 11.8 Å². The zero-order valence-electron chi connectivity index (χ0n) is 8.07. The van der Waals surface area contributed by atoms with Crippen LogP contribution < -0.4 is 5.46 Å². The third-order valence-corrected chi connectivity index (χ3v) is 2.12. The Morgan fingerprint density at radius 1 is 1.00 bits per heavy atom. The molecule has 0 bridgehead atoms. The van der Waals surface area contributed by atoms with E-state index >= 15 is 0 Å². The van der Waals surface area contributed by atoms with Crippen LogP contribution in [0.3, 0.4) is 0 Å². The van der Waals surface area contributed by atoms with Gasteiger partial charge in [0.1, 0.15) is 7.85 Å². The molecule has 0 unspecified atom stereocenters. The van der Waals surface area contributed by atoms with Gasteiger partial charge in [0.15, 0.2) is 0 Å². The normalized spacial score (nSPS) is 10.1. The SMILES string of the molecule is [B]c1ccc(-c2ccc(C)cn2)cc1. The van der Waals surface area contributed by atoms with E-state index in [1.165, 1.54) is 5.56 Å². The molecule has 0 spiro atoms. The van der Waals surface area contributed by atoms with Crippen LogP contribution in [-0.2, 0) is 0 Å². The van der Waals surface area contributed by atoms with Crippen LogP contribution in [0.25, 0.3) is 11.3 Å². The topological polar surface area (TPSA) is 12.9 Å². The van der Waals surface area contributed by atoms with Gasteiger partial charge in [-0.25, -0.2) is 0 Å². The molecule has 0 saturated carbocycles. The first-order valence-electron chi connectivity index (χ1n) is 4.54. The average molecular weight is 179 g/mol. The Morgan fingerprint density at radius 3 is 2.29 bits per heavy atom. The number of nitrogens with zero attached hydrogens (tertiary/aromatic N) is 1. The summed E-state index contributed by atoms with van der Waals surface area (Å²) >= 11 is 0. The maximum Gasteiger partial charge on any atom is 0.113 e. The second-order valence-corrected chi connectivity index (χ2v) is 3.34. The van der Waals surface area contributed by atoms with E-state index in [9.17, 15) is 0 Å². The lowest BCUT2D eigenvalue weighted by Crippen LogP contribution is -1.99. The summed E-state index contributed by atoms with van der Waals surface area (Å²) in [5.74, 6) is 0. The Balaban J connectivity index is 2.40. The average Bonchev–Trinajstić information content (AvgIpc) is 2.21. The summed E-state index contributed by atoms with van der Waals surface area (Å²) in [5.41, 5.74) is 4.03. The van der Waals surface area contributed by atoms with Crippen LogP contribution in [0.4, 0.5) is 0 Å². The zero-order valence-corrected chi connectivity index (χ0v) is 8.07. The third kappa shape index (κ3) is 1.85.